The highest BCUT2D eigenvalue weighted by Crippen LogP contribution is 2.49. The van der Waals surface area contributed by atoms with Crippen LogP contribution in [0.4, 0.5) is 4.79 Å². The van der Waals surface area contributed by atoms with E-state index in [-0.39, 0.29) is 29.6 Å². The molecule has 0 radical (unpaired) electrons. The lowest BCUT2D eigenvalue weighted by molar-refractivity contribution is 0.0306. The van der Waals surface area contributed by atoms with Gasteiger partial charge in [-0.15, -0.1) is 0 Å². The molecule has 1 amide bonds. The number of hydrogen-bond acceptors (Lipinski definition) is 3. The summed E-state index contributed by atoms with van der Waals surface area (Å²) in [4.78, 5) is 11.9. The van der Waals surface area contributed by atoms with Gasteiger partial charge in [-0.05, 0) is 51.9 Å². The molecule has 1 fully saturated rings. The highest BCUT2D eigenvalue weighted by Gasteiger charge is 2.52. The highest BCUT2D eigenvalue weighted by molar-refractivity contribution is 5.69. The Kier molecular flexibility index (Phi) is 4.01. The maximum Gasteiger partial charge on any atom is 0.408 e. The van der Waals surface area contributed by atoms with Crippen LogP contribution in [-0.2, 0) is 4.74 Å². The van der Waals surface area contributed by atoms with E-state index in [4.69, 9.17) is 4.74 Å². The summed E-state index contributed by atoms with van der Waals surface area (Å²) in [7, 11) is 0. The van der Waals surface area contributed by atoms with Crippen molar-refractivity contribution in [1.29, 1.82) is 0 Å². The minimum Gasteiger partial charge on any atom is -0.444 e. The van der Waals surface area contributed by atoms with Crippen molar-refractivity contribution in [2.45, 2.75) is 65.5 Å². The number of hydrogen-bond donors (Lipinski definition) is 2. The summed E-state index contributed by atoms with van der Waals surface area (Å²) in [6.45, 7) is 11.9. The van der Waals surface area contributed by atoms with Gasteiger partial charge in [-0.1, -0.05) is 13.8 Å². The second kappa shape index (κ2) is 4.72. The first-order valence-electron chi connectivity index (χ1n) is 6.64. The van der Waals surface area contributed by atoms with E-state index in [9.17, 15) is 9.90 Å². The Morgan fingerprint density at radius 2 is 1.94 bits per heavy atom. The molecule has 0 aromatic rings. The standard InChI is InChI=1S/C14H27NO3/c1-12(2,3)18-11(17)15-14(6)8-7-10(9-16)13(14,4)5/h10,16H,7-9H2,1-6H3,(H,15,17). The Labute approximate surface area is 110 Å². The van der Waals surface area contributed by atoms with Gasteiger partial charge in [-0.25, -0.2) is 4.79 Å². The predicted molar refractivity (Wildman–Crippen MR) is 71.4 cm³/mol. The third kappa shape index (κ3) is 2.97. The fraction of sp³-hybridized carbons (Fsp3) is 0.929. The van der Waals surface area contributed by atoms with Crippen LogP contribution < -0.4 is 5.32 Å². The fourth-order valence-corrected chi connectivity index (χ4v) is 2.67. The quantitative estimate of drug-likeness (QED) is 0.799. The molecule has 1 aliphatic carbocycles. The molecule has 0 spiro atoms. The number of nitrogens with one attached hydrogen (secondary N) is 1. The molecule has 0 aliphatic heterocycles. The number of aliphatic hydroxyl groups excluding tert-OH is 1. The Bertz CT molecular complexity index is 319. The van der Waals surface area contributed by atoms with Crippen LogP contribution in [0.2, 0.25) is 0 Å². The minimum atomic E-state index is -0.487. The zero-order chi connectivity index (χ0) is 14.2. The molecule has 2 atom stereocenters. The van der Waals surface area contributed by atoms with Crippen molar-refractivity contribution in [3.05, 3.63) is 0 Å². The maximum atomic E-state index is 11.9. The van der Waals surface area contributed by atoms with E-state index in [1.54, 1.807) is 0 Å². The molecule has 106 valence electrons. The molecule has 1 aliphatic rings. The van der Waals surface area contributed by atoms with E-state index in [1.807, 2.05) is 27.7 Å². The summed E-state index contributed by atoms with van der Waals surface area (Å²) >= 11 is 0. The van der Waals surface area contributed by atoms with Crippen molar-refractivity contribution >= 4 is 6.09 Å². The van der Waals surface area contributed by atoms with Crippen LogP contribution in [0.3, 0.4) is 0 Å². The van der Waals surface area contributed by atoms with Crippen molar-refractivity contribution < 1.29 is 14.6 Å². The summed E-state index contributed by atoms with van der Waals surface area (Å²) in [5.74, 6) is 0.220. The van der Waals surface area contributed by atoms with E-state index >= 15 is 0 Å². The topological polar surface area (TPSA) is 58.6 Å². The number of carbonyl (C=O) groups excluding carboxylic acids is 1. The molecule has 0 bridgehead atoms. The highest BCUT2D eigenvalue weighted by atomic mass is 16.6. The molecule has 0 aromatic heterocycles. The van der Waals surface area contributed by atoms with Gasteiger partial charge in [0, 0.05) is 12.1 Å². The van der Waals surface area contributed by atoms with E-state index in [0.717, 1.165) is 12.8 Å². The average Bonchev–Trinajstić information content (AvgIpc) is 2.34. The Balaban J connectivity index is 2.74. The van der Waals surface area contributed by atoms with Crippen molar-refractivity contribution in [3.63, 3.8) is 0 Å². The zero-order valence-electron chi connectivity index (χ0n) is 12.5. The molecule has 0 aromatic carbocycles. The monoisotopic (exact) mass is 257 g/mol. The largest absolute Gasteiger partial charge is 0.444 e. The van der Waals surface area contributed by atoms with Gasteiger partial charge in [0.05, 0.1) is 0 Å². The lowest BCUT2D eigenvalue weighted by atomic mass is 9.71. The van der Waals surface area contributed by atoms with Crippen LogP contribution >= 0.6 is 0 Å². The lowest BCUT2D eigenvalue weighted by Gasteiger charge is -2.42. The van der Waals surface area contributed by atoms with Gasteiger partial charge in [-0.2, -0.15) is 0 Å². The van der Waals surface area contributed by atoms with Gasteiger partial charge in [0.2, 0.25) is 0 Å². The molecular weight excluding hydrogens is 230 g/mol. The van der Waals surface area contributed by atoms with Gasteiger partial charge >= 0.3 is 6.09 Å². The zero-order valence-corrected chi connectivity index (χ0v) is 12.5. The normalized spacial score (nSPS) is 31.2. The second-order valence-corrected chi connectivity index (χ2v) is 7.10. The van der Waals surface area contributed by atoms with Gasteiger partial charge in [0.1, 0.15) is 5.60 Å². The van der Waals surface area contributed by atoms with Crippen molar-refractivity contribution in [2.75, 3.05) is 6.61 Å². The summed E-state index contributed by atoms with van der Waals surface area (Å²) < 4.78 is 5.31. The van der Waals surface area contributed by atoms with Crippen LogP contribution in [0.15, 0.2) is 0 Å². The smallest absolute Gasteiger partial charge is 0.408 e. The summed E-state index contributed by atoms with van der Waals surface area (Å²) in [5.41, 5.74) is -0.957. The third-order valence-electron chi connectivity index (χ3n) is 4.43. The lowest BCUT2D eigenvalue weighted by Crippen LogP contribution is -2.55. The van der Waals surface area contributed by atoms with Gasteiger partial charge in [-0.3, -0.25) is 0 Å². The van der Waals surface area contributed by atoms with Crippen LogP contribution in [-0.4, -0.2) is 28.9 Å². The summed E-state index contributed by atoms with van der Waals surface area (Å²) in [6, 6.07) is 0. The Morgan fingerprint density at radius 1 is 1.39 bits per heavy atom. The number of ether oxygens (including phenoxy) is 1. The first-order valence-corrected chi connectivity index (χ1v) is 6.64. The van der Waals surface area contributed by atoms with Gasteiger partial charge in [0.25, 0.3) is 0 Å². The van der Waals surface area contributed by atoms with Crippen LogP contribution in [0.25, 0.3) is 0 Å². The minimum absolute atomic E-state index is 0.140. The van der Waals surface area contributed by atoms with E-state index in [0.29, 0.717) is 0 Å². The molecule has 2 unspecified atom stereocenters. The molecule has 1 saturated carbocycles. The Hall–Kier alpha value is -0.770. The number of amides is 1. The molecule has 1 rings (SSSR count). The van der Waals surface area contributed by atoms with Gasteiger partial charge in [0.15, 0.2) is 0 Å². The summed E-state index contributed by atoms with van der Waals surface area (Å²) in [5, 5.41) is 12.4. The SMILES string of the molecule is CC(C)(C)OC(=O)NC1(C)CCC(CO)C1(C)C. The van der Waals surface area contributed by atoms with E-state index in [2.05, 4.69) is 19.2 Å². The van der Waals surface area contributed by atoms with Crippen molar-refractivity contribution in [1.82, 2.24) is 5.32 Å². The number of alkyl carbamates (subject to hydrolysis) is 1. The second-order valence-electron chi connectivity index (χ2n) is 7.10. The maximum absolute atomic E-state index is 11.9. The molecule has 2 N–H and O–H groups in total. The first-order chi connectivity index (χ1) is 8.02. The molecule has 4 nitrogen and oxygen atoms in total. The number of aliphatic hydroxyl groups is 1. The molecular formula is C14H27NO3. The number of carbonyl (C=O) groups is 1. The summed E-state index contributed by atoms with van der Waals surface area (Å²) in [6.07, 6.45) is 1.41. The Morgan fingerprint density at radius 3 is 2.33 bits per heavy atom. The van der Waals surface area contributed by atoms with Crippen molar-refractivity contribution in [2.24, 2.45) is 11.3 Å². The van der Waals surface area contributed by atoms with Crippen molar-refractivity contribution in [3.8, 4) is 0 Å². The first kappa shape index (κ1) is 15.3. The third-order valence-corrected chi connectivity index (χ3v) is 4.43. The van der Waals surface area contributed by atoms with Crippen LogP contribution in [0.1, 0.15) is 54.4 Å². The van der Waals surface area contributed by atoms with Crippen LogP contribution in [0, 0.1) is 11.3 Å². The number of rotatable bonds is 2. The molecule has 0 saturated heterocycles. The van der Waals surface area contributed by atoms with Crippen LogP contribution in [0.5, 0.6) is 0 Å². The van der Waals surface area contributed by atoms with E-state index in [1.165, 1.54) is 0 Å². The predicted octanol–water partition coefficient (Wildman–Crippen LogP) is 2.70. The average molecular weight is 257 g/mol. The molecule has 4 heteroatoms. The van der Waals surface area contributed by atoms with E-state index < -0.39 is 5.60 Å². The fourth-order valence-electron chi connectivity index (χ4n) is 2.67. The van der Waals surface area contributed by atoms with Gasteiger partial charge < -0.3 is 15.2 Å². The molecule has 18 heavy (non-hydrogen) atoms. The molecule has 0 heterocycles.